The number of benzene rings is 1. The van der Waals surface area contributed by atoms with Crippen LogP contribution >= 0.6 is 0 Å². The lowest BCUT2D eigenvalue weighted by Crippen LogP contribution is -2.55. The number of carboxylic acid groups (broad SMARTS) is 1. The Labute approximate surface area is 164 Å². The Morgan fingerprint density at radius 1 is 1.32 bits per heavy atom. The van der Waals surface area contributed by atoms with E-state index in [-0.39, 0.29) is 36.9 Å². The number of carbonyl (C=O) groups is 2. The largest absolute Gasteiger partial charge is 0.497 e. The Morgan fingerprint density at radius 3 is 2.50 bits per heavy atom. The molecule has 9 nitrogen and oxygen atoms in total. The average Bonchev–Trinajstić information content (AvgIpc) is 2.65. The monoisotopic (exact) mass is 414 g/mol. The predicted molar refractivity (Wildman–Crippen MR) is 101 cm³/mol. The maximum absolute atomic E-state index is 13.0. The molecule has 0 bridgehead atoms. The van der Waals surface area contributed by atoms with Gasteiger partial charge in [0.25, 0.3) is 0 Å². The summed E-state index contributed by atoms with van der Waals surface area (Å²) in [4.78, 5) is 25.3. The van der Waals surface area contributed by atoms with Gasteiger partial charge in [0, 0.05) is 13.1 Å². The average molecular weight is 414 g/mol. The number of hydrogen-bond donors (Lipinski definition) is 2. The van der Waals surface area contributed by atoms with Crippen molar-refractivity contribution in [1.82, 2.24) is 9.62 Å². The van der Waals surface area contributed by atoms with Gasteiger partial charge in [0.05, 0.1) is 31.1 Å². The minimum absolute atomic E-state index is 0.0254. The second-order valence-electron chi connectivity index (χ2n) is 6.89. The van der Waals surface area contributed by atoms with Crippen molar-refractivity contribution in [2.45, 2.75) is 37.3 Å². The van der Waals surface area contributed by atoms with Gasteiger partial charge in [-0.25, -0.2) is 8.42 Å². The van der Waals surface area contributed by atoms with Crippen LogP contribution in [0.25, 0.3) is 0 Å². The number of hydrogen-bond acceptors (Lipinski definition) is 6. The van der Waals surface area contributed by atoms with E-state index in [2.05, 4.69) is 4.72 Å². The molecule has 1 heterocycles. The van der Waals surface area contributed by atoms with Crippen molar-refractivity contribution in [2.75, 3.05) is 26.8 Å². The van der Waals surface area contributed by atoms with Crippen LogP contribution in [0.2, 0.25) is 0 Å². The number of carboxylic acids is 1. The van der Waals surface area contributed by atoms with Crippen molar-refractivity contribution in [2.24, 2.45) is 5.92 Å². The third-order valence-electron chi connectivity index (χ3n) is 4.44. The predicted octanol–water partition coefficient (Wildman–Crippen LogP) is 0.700. The van der Waals surface area contributed by atoms with Crippen molar-refractivity contribution in [3.63, 3.8) is 0 Å². The summed E-state index contributed by atoms with van der Waals surface area (Å²) >= 11 is 0. The van der Waals surface area contributed by atoms with Crippen LogP contribution < -0.4 is 9.46 Å². The van der Waals surface area contributed by atoms with Gasteiger partial charge in [-0.3, -0.25) is 9.59 Å². The summed E-state index contributed by atoms with van der Waals surface area (Å²) in [7, 11) is -2.44. The third-order valence-corrected chi connectivity index (χ3v) is 5.89. The van der Waals surface area contributed by atoms with E-state index in [1.165, 1.54) is 36.3 Å². The Kier molecular flexibility index (Phi) is 7.39. The van der Waals surface area contributed by atoms with Gasteiger partial charge in [-0.2, -0.15) is 4.72 Å². The molecule has 0 unspecified atom stereocenters. The number of methoxy groups -OCH3 is 1. The summed E-state index contributed by atoms with van der Waals surface area (Å²) in [5.41, 5.74) is 0. The van der Waals surface area contributed by atoms with Crippen molar-refractivity contribution in [3.05, 3.63) is 24.3 Å². The van der Waals surface area contributed by atoms with Gasteiger partial charge in [0.2, 0.25) is 15.9 Å². The number of amides is 1. The first kappa shape index (κ1) is 22.1. The van der Waals surface area contributed by atoms with Gasteiger partial charge < -0.3 is 19.5 Å². The Morgan fingerprint density at radius 2 is 1.96 bits per heavy atom. The van der Waals surface area contributed by atoms with E-state index in [1.54, 1.807) is 13.8 Å². The topological polar surface area (TPSA) is 122 Å². The highest BCUT2D eigenvalue weighted by atomic mass is 32.2. The summed E-state index contributed by atoms with van der Waals surface area (Å²) in [5.74, 6) is -1.19. The van der Waals surface area contributed by atoms with Gasteiger partial charge in [-0.1, -0.05) is 13.8 Å². The first-order valence-corrected chi connectivity index (χ1v) is 10.4. The molecule has 1 aliphatic heterocycles. The molecular formula is C18H26N2O7S. The van der Waals surface area contributed by atoms with Gasteiger partial charge in [0.15, 0.2) is 0 Å². The normalized spacial score (nSPS) is 18.7. The number of sulfonamides is 1. The van der Waals surface area contributed by atoms with E-state index in [0.29, 0.717) is 5.75 Å². The zero-order valence-electron chi connectivity index (χ0n) is 16.1. The van der Waals surface area contributed by atoms with Crippen LogP contribution in [0.4, 0.5) is 0 Å². The summed E-state index contributed by atoms with van der Waals surface area (Å²) in [6, 6.07) is 4.88. The second kappa shape index (κ2) is 9.35. The van der Waals surface area contributed by atoms with Gasteiger partial charge in [0.1, 0.15) is 11.8 Å². The maximum Gasteiger partial charge on any atom is 0.306 e. The molecule has 2 rings (SSSR count). The van der Waals surface area contributed by atoms with E-state index in [4.69, 9.17) is 14.6 Å². The molecule has 1 aliphatic rings. The first-order chi connectivity index (χ1) is 13.1. The zero-order valence-corrected chi connectivity index (χ0v) is 16.9. The molecule has 0 radical (unpaired) electrons. The molecule has 2 atom stereocenters. The van der Waals surface area contributed by atoms with Crippen LogP contribution in [0.15, 0.2) is 29.2 Å². The minimum atomic E-state index is -3.92. The summed E-state index contributed by atoms with van der Waals surface area (Å²) in [5, 5.41) is 8.92. The van der Waals surface area contributed by atoms with Gasteiger partial charge in [-0.15, -0.1) is 0 Å². The maximum atomic E-state index is 13.0. The number of rotatable bonds is 8. The molecule has 1 aromatic carbocycles. The lowest BCUT2D eigenvalue weighted by atomic mass is 10.0. The Bertz CT molecular complexity index is 793. The fourth-order valence-electron chi connectivity index (χ4n) is 2.90. The van der Waals surface area contributed by atoms with Crippen molar-refractivity contribution >= 4 is 21.9 Å². The standard InChI is InChI=1S/C18H26N2O7S/c1-12(2)17(18(23)20-8-9-27-14(11-20)10-16(21)22)19-28(24,25)15-6-4-13(26-3)5-7-15/h4-7,12,14,17,19H,8-11H2,1-3H3,(H,21,22)/t14-,17+/m0/s1. The van der Waals surface area contributed by atoms with Crippen molar-refractivity contribution in [3.8, 4) is 5.75 Å². The van der Waals surface area contributed by atoms with Crippen LogP contribution in [0.3, 0.4) is 0 Å². The Hall–Kier alpha value is -2.17. The second-order valence-corrected chi connectivity index (χ2v) is 8.61. The molecule has 1 fully saturated rings. The highest BCUT2D eigenvalue weighted by Crippen LogP contribution is 2.18. The molecule has 0 aliphatic carbocycles. The van der Waals surface area contributed by atoms with Crippen molar-refractivity contribution < 1.29 is 32.6 Å². The molecule has 156 valence electrons. The molecule has 0 saturated carbocycles. The van der Waals surface area contributed by atoms with Gasteiger partial charge >= 0.3 is 5.97 Å². The van der Waals surface area contributed by atoms with Crippen LogP contribution in [-0.4, -0.2) is 69.3 Å². The van der Waals surface area contributed by atoms with Crippen LogP contribution in [0.1, 0.15) is 20.3 Å². The number of nitrogens with one attached hydrogen (secondary N) is 1. The van der Waals surface area contributed by atoms with E-state index in [9.17, 15) is 18.0 Å². The molecular weight excluding hydrogens is 388 g/mol. The summed E-state index contributed by atoms with van der Waals surface area (Å²) in [6.45, 7) is 4.09. The van der Waals surface area contributed by atoms with Crippen molar-refractivity contribution in [1.29, 1.82) is 0 Å². The lowest BCUT2D eigenvalue weighted by Gasteiger charge is -2.35. The molecule has 2 N–H and O–H groups in total. The Balaban J connectivity index is 2.15. The zero-order chi connectivity index (χ0) is 20.9. The van der Waals surface area contributed by atoms with E-state index >= 15 is 0 Å². The molecule has 1 amide bonds. The first-order valence-electron chi connectivity index (χ1n) is 8.92. The third kappa shape index (κ3) is 5.66. The van der Waals surface area contributed by atoms with E-state index < -0.39 is 34.0 Å². The SMILES string of the molecule is COc1ccc(S(=O)(=O)N[C@@H](C(=O)N2CCO[C@@H](CC(=O)O)C2)C(C)C)cc1. The molecule has 1 saturated heterocycles. The van der Waals surface area contributed by atoms with Crippen LogP contribution in [0, 0.1) is 5.92 Å². The van der Waals surface area contributed by atoms with Crippen LogP contribution in [-0.2, 0) is 24.3 Å². The lowest BCUT2D eigenvalue weighted by molar-refractivity contribution is -0.149. The summed E-state index contributed by atoms with van der Waals surface area (Å²) < 4.78 is 38.3. The minimum Gasteiger partial charge on any atom is -0.497 e. The van der Waals surface area contributed by atoms with E-state index in [0.717, 1.165) is 0 Å². The number of nitrogens with zero attached hydrogens (tertiary/aromatic N) is 1. The molecule has 0 spiro atoms. The molecule has 28 heavy (non-hydrogen) atoms. The number of carbonyl (C=O) groups excluding carboxylic acids is 1. The molecule has 1 aromatic rings. The van der Waals surface area contributed by atoms with Gasteiger partial charge in [-0.05, 0) is 30.2 Å². The quantitative estimate of drug-likeness (QED) is 0.642. The van der Waals surface area contributed by atoms with Crippen LogP contribution in [0.5, 0.6) is 5.75 Å². The highest BCUT2D eigenvalue weighted by molar-refractivity contribution is 7.89. The highest BCUT2D eigenvalue weighted by Gasteiger charge is 2.34. The smallest absolute Gasteiger partial charge is 0.306 e. The molecule has 10 heteroatoms. The number of morpholine rings is 1. The summed E-state index contributed by atoms with van der Waals surface area (Å²) in [6.07, 6.45) is -0.825. The molecule has 0 aromatic heterocycles. The fourth-order valence-corrected chi connectivity index (χ4v) is 4.23. The fraction of sp³-hybridized carbons (Fsp3) is 0.556. The van der Waals surface area contributed by atoms with E-state index in [1.807, 2.05) is 0 Å². The number of aliphatic carboxylic acids is 1. The number of ether oxygens (including phenoxy) is 2.